The van der Waals surface area contributed by atoms with E-state index in [0.717, 1.165) is 25.0 Å². The number of hydrogen-bond donors (Lipinski definition) is 3. The Labute approximate surface area is 211 Å². The number of carbonyl (C=O) groups excluding carboxylic acids is 2. The Morgan fingerprint density at radius 1 is 1.16 bits per heavy atom. The Morgan fingerprint density at radius 2 is 1.97 bits per heavy atom. The lowest BCUT2D eigenvalue weighted by molar-refractivity contribution is -0.274. The lowest BCUT2D eigenvalue weighted by atomic mass is 10.1. The number of nitrogens with two attached hydrogens (primary N) is 1. The summed E-state index contributed by atoms with van der Waals surface area (Å²) in [5, 5.41) is 16.6. The zero-order chi connectivity index (χ0) is 27.1. The molecule has 0 fully saturated rings. The highest BCUT2D eigenvalue weighted by molar-refractivity contribution is 6.60. The summed E-state index contributed by atoms with van der Waals surface area (Å²) in [5.74, 6) is 4.15. The highest BCUT2D eigenvalue weighted by Gasteiger charge is 2.31. The summed E-state index contributed by atoms with van der Waals surface area (Å²) >= 11 is 0. The lowest BCUT2D eigenvalue weighted by Crippen LogP contribution is -2.34. The first-order valence-electron chi connectivity index (χ1n) is 11.2. The van der Waals surface area contributed by atoms with Crippen LogP contribution >= 0.6 is 0 Å². The molecule has 1 heterocycles. The van der Waals surface area contributed by atoms with Crippen LogP contribution in [0.3, 0.4) is 0 Å². The fourth-order valence-corrected chi connectivity index (χ4v) is 2.95. The van der Waals surface area contributed by atoms with Crippen molar-refractivity contribution in [2.24, 2.45) is 15.9 Å². The minimum atomic E-state index is -4.81. The largest absolute Gasteiger partial charge is 0.573 e. The molecule has 37 heavy (non-hydrogen) atoms. The van der Waals surface area contributed by atoms with Crippen LogP contribution in [0.5, 0.6) is 5.75 Å². The van der Waals surface area contributed by atoms with Crippen LogP contribution in [0.15, 0.2) is 46.5 Å². The SMILES string of the molecule is COCCNC(=O)C(C=NCCCCc1ccc(NC(=O)Cc2cccc(OC(F)(F)F)c2)nn1)=NN. The molecule has 1 aromatic heterocycles. The van der Waals surface area contributed by atoms with Crippen LogP contribution in [0.25, 0.3) is 0 Å². The molecule has 0 aliphatic carbocycles. The minimum Gasteiger partial charge on any atom is -0.406 e. The number of nitrogens with one attached hydrogen (secondary N) is 2. The van der Waals surface area contributed by atoms with E-state index in [9.17, 15) is 22.8 Å². The van der Waals surface area contributed by atoms with Crippen LogP contribution in [-0.4, -0.2) is 67.1 Å². The summed E-state index contributed by atoms with van der Waals surface area (Å²) in [7, 11) is 1.52. The third kappa shape index (κ3) is 11.9. The van der Waals surface area contributed by atoms with Crippen molar-refractivity contribution in [2.75, 3.05) is 32.1 Å². The molecule has 0 atom stereocenters. The molecule has 2 amide bonds. The first kappa shape index (κ1) is 29.2. The molecule has 0 aliphatic heterocycles. The van der Waals surface area contributed by atoms with Gasteiger partial charge in [-0.15, -0.1) is 18.3 Å². The smallest absolute Gasteiger partial charge is 0.406 e. The fraction of sp³-hybridized carbons (Fsp3) is 0.391. The number of aliphatic imine (C=N–C) groups is 1. The molecule has 11 nitrogen and oxygen atoms in total. The van der Waals surface area contributed by atoms with Gasteiger partial charge >= 0.3 is 6.36 Å². The van der Waals surface area contributed by atoms with E-state index in [4.69, 9.17) is 10.6 Å². The number of ether oxygens (including phenoxy) is 2. The van der Waals surface area contributed by atoms with Crippen LogP contribution in [0.4, 0.5) is 19.0 Å². The summed E-state index contributed by atoms with van der Waals surface area (Å²) in [6, 6.07) is 8.49. The van der Waals surface area contributed by atoms with Gasteiger partial charge < -0.3 is 25.9 Å². The van der Waals surface area contributed by atoms with E-state index in [2.05, 4.69) is 35.7 Å². The number of hydrazone groups is 1. The molecule has 2 rings (SSSR count). The van der Waals surface area contributed by atoms with E-state index in [-0.39, 0.29) is 18.0 Å². The summed E-state index contributed by atoms with van der Waals surface area (Å²) in [6.45, 7) is 1.16. The predicted octanol–water partition coefficient (Wildman–Crippen LogP) is 2.03. The molecule has 0 radical (unpaired) electrons. The van der Waals surface area contributed by atoms with Crippen molar-refractivity contribution in [3.63, 3.8) is 0 Å². The van der Waals surface area contributed by atoms with Crippen molar-refractivity contribution in [3.8, 4) is 5.75 Å². The number of aromatic nitrogens is 2. The first-order chi connectivity index (χ1) is 17.7. The van der Waals surface area contributed by atoms with Gasteiger partial charge in [-0.25, -0.2) is 0 Å². The maximum atomic E-state index is 12.4. The predicted molar refractivity (Wildman–Crippen MR) is 130 cm³/mol. The van der Waals surface area contributed by atoms with Gasteiger partial charge in [0.1, 0.15) is 5.75 Å². The number of carbonyl (C=O) groups is 2. The molecule has 0 unspecified atom stereocenters. The van der Waals surface area contributed by atoms with Crippen molar-refractivity contribution in [1.29, 1.82) is 0 Å². The first-order valence-corrected chi connectivity index (χ1v) is 11.2. The monoisotopic (exact) mass is 523 g/mol. The van der Waals surface area contributed by atoms with Crippen molar-refractivity contribution < 1.29 is 32.2 Å². The van der Waals surface area contributed by atoms with Crippen LogP contribution in [0.2, 0.25) is 0 Å². The average Bonchev–Trinajstić information content (AvgIpc) is 2.84. The Hall–Kier alpha value is -4.07. The minimum absolute atomic E-state index is 0.0157. The van der Waals surface area contributed by atoms with Crippen LogP contribution < -0.4 is 21.2 Å². The van der Waals surface area contributed by atoms with Crippen molar-refractivity contribution in [3.05, 3.63) is 47.7 Å². The Kier molecular flexibility index (Phi) is 11.9. The van der Waals surface area contributed by atoms with Gasteiger partial charge in [0.05, 0.1) is 24.9 Å². The van der Waals surface area contributed by atoms with Gasteiger partial charge in [-0.1, -0.05) is 12.1 Å². The number of benzene rings is 1. The topological polar surface area (TPSA) is 153 Å². The fourth-order valence-electron chi connectivity index (χ4n) is 2.95. The van der Waals surface area contributed by atoms with Gasteiger partial charge in [-0.3, -0.25) is 14.6 Å². The van der Waals surface area contributed by atoms with Gasteiger partial charge in [0.2, 0.25) is 5.91 Å². The van der Waals surface area contributed by atoms with Gasteiger partial charge in [0, 0.05) is 20.2 Å². The van der Waals surface area contributed by atoms with Crippen LogP contribution in [0, 0.1) is 0 Å². The van der Waals surface area contributed by atoms with E-state index >= 15 is 0 Å². The zero-order valence-corrected chi connectivity index (χ0v) is 20.1. The second kappa shape index (κ2) is 15.1. The summed E-state index contributed by atoms with van der Waals surface area (Å²) in [6.07, 6.45) is -1.56. The normalized spacial score (nSPS) is 11.9. The molecular formula is C23H28F3N7O4. The number of amides is 2. The molecule has 14 heteroatoms. The van der Waals surface area contributed by atoms with E-state index < -0.39 is 23.9 Å². The van der Waals surface area contributed by atoms with E-state index in [1.165, 1.54) is 25.5 Å². The summed E-state index contributed by atoms with van der Waals surface area (Å²) < 4.78 is 45.8. The molecule has 4 N–H and O–H groups in total. The molecule has 0 aliphatic rings. The van der Waals surface area contributed by atoms with E-state index in [1.54, 1.807) is 12.1 Å². The van der Waals surface area contributed by atoms with Gasteiger partial charge in [-0.05, 0) is 49.1 Å². The molecule has 2 aromatic rings. The number of methoxy groups -OCH3 is 1. The number of nitrogens with zero attached hydrogens (tertiary/aromatic N) is 4. The molecule has 0 saturated heterocycles. The van der Waals surface area contributed by atoms with Gasteiger partial charge in [0.25, 0.3) is 5.91 Å². The van der Waals surface area contributed by atoms with Crippen LogP contribution in [0.1, 0.15) is 24.1 Å². The highest BCUT2D eigenvalue weighted by Crippen LogP contribution is 2.23. The number of aryl methyl sites for hydroxylation is 1. The quantitative estimate of drug-likeness (QED) is 0.148. The Morgan fingerprint density at radius 3 is 2.65 bits per heavy atom. The number of unbranched alkanes of at least 4 members (excludes halogenated alkanes) is 1. The molecule has 0 bridgehead atoms. The van der Waals surface area contributed by atoms with E-state index in [1.807, 2.05) is 0 Å². The number of halogens is 3. The second-order valence-electron chi connectivity index (χ2n) is 7.59. The van der Waals surface area contributed by atoms with Crippen molar-refractivity contribution >= 4 is 29.6 Å². The standard InChI is InChI=1S/C23H28F3N7O4/c1-36-12-11-29-22(35)19(31-27)15-28-10-3-2-6-17-8-9-20(33-32-17)30-21(34)14-16-5-4-7-18(13-16)37-23(24,25)26/h4-5,7-9,13,15H,2-3,6,10-12,14,27H2,1H3,(H,29,35)(H,30,33,34). The Balaban J connectivity index is 1.72. The lowest BCUT2D eigenvalue weighted by Gasteiger charge is -2.10. The Bertz CT molecular complexity index is 1080. The molecule has 0 spiro atoms. The summed E-state index contributed by atoms with van der Waals surface area (Å²) in [4.78, 5) is 28.2. The van der Waals surface area contributed by atoms with Crippen molar-refractivity contribution in [2.45, 2.75) is 32.0 Å². The molecule has 1 aromatic carbocycles. The average molecular weight is 524 g/mol. The second-order valence-corrected chi connectivity index (χ2v) is 7.59. The van der Waals surface area contributed by atoms with Gasteiger partial charge in [-0.2, -0.15) is 10.2 Å². The van der Waals surface area contributed by atoms with E-state index in [0.29, 0.717) is 37.4 Å². The number of rotatable bonds is 14. The number of alkyl halides is 3. The third-order valence-corrected chi connectivity index (χ3v) is 4.63. The maximum absolute atomic E-state index is 12.4. The molecule has 0 saturated carbocycles. The number of hydrogen-bond acceptors (Lipinski definition) is 9. The van der Waals surface area contributed by atoms with Crippen LogP contribution in [-0.2, 0) is 27.2 Å². The zero-order valence-electron chi connectivity index (χ0n) is 20.1. The molecular weight excluding hydrogens is 495 g/mol. The highest BCUT2D eigenvalue weighted by atomic mass is 19.4. The van der Waals surface area contributed by atoms with Crippen molar-refractivity contribution in [1.82, 2.24) is 15.5 Å². The van der Waals surface area contributed by atoms with Gasteiger partial charge in [0.15, 0.2) is 11.5 Å². The molecule has 200 valence electrons. The maximum Gasteiger partial charge on any atom is 0.573 e. The summed E-state index contributed by atoms with van der Waals surface area (Å²) in [5.41, 5.74) is 1.07. The number of anilines is 1. The third-order valence-electron chi connectivity index (χ3n) is 4.63.